The first-order valence-corrected chi connectivity index (χ1v) is 4.28. The lowest BCUT2D eigenvalue weighted by Gasteiger charge is -2.14. The SMILES string of the molecule is CN1C(Br)CNC1Br. The standard InChI is InChI=1S/C4H8Br2N2/c1-8-3(5)2-7-4(8)6/h3-4,7H,2H2,1H3. The van der Waals surface area contributed by atoms with E-state index in [9.17, 15) is 0 Å². The number of hydrogen-bond acceptors (Lipinski definition) is 2. The molecule has 1 fully saturated rings. The zero-order valence-corrected chi connectivity index (χ0v) is 7.74. The fourth-order valence-corrected chi connectivity index (χ4v) is 1.84. The molecule has 0 aromatic rings. The third-order valence-corrected chi connectivity index (χ3v) is 3.19. The topological polar surface area (TPSA) is 15.3 Å². The molecule has 4 heteroatoms. The fraction of sp³-hybridized carbons (Fsp3) is 1.00. The minimum atomic E-state index is 0.340. The summed E-state index contributed by atoms with van der Waals surface area (Å²) < 4.78 is 0. The monoisotopic (exact) mass is 242 g/mol. The molecule has 2 nitrogen and oxygen atoms in total. The molecule has 8 heavy (non-hydrogen) atoms. The van der Waals surface area contributed by atoms with Crippen LogP contribution in [0.3, 0.4) is 0 Å². The summed E-state index contributed by atoms with van der Waals surface area (Å²) in [6, 6.07) is 0. The minimum absolute atomic E-state index is 0.340. The third-order valence-electron chi connectivity index (χ3n) is 1.25. The van der Waals surface area contributed by atoms with Crippen molar-refractivity contribution in [1.29, 1.82) is 0 Å². The van der Waals surface area contributed by atoms with Crippen LogP contribution < -0.4 is 5.32 Å². The van der Waals surface area contributed by atoms with E-state index in [-0.39, 0.29) is 0 Å². The Kier molecular flexibility index (Phi) is 2.31. The molecule has 1 N–H and O–H groups in total. The van der Waals surface area contributed by atoms with E-state index in [0.717, 1.165) is 6.54 Å². The van der Waals surface area contributed by atoms with Gasteiger partial charge in [0.15, 0.2) is 0 Å². The molecule has 2 atom stereocenters. The van der Waals surface area contributed by atoms with Gasteiger partial charge in [-0.1, -0.05) is 31.9 Å². The highest BCUT2D eigenvalue weighted by Crippen LogP contribution is 2.16. The van der Waals surface area contributed by atoms with E-state index >= 15 is 0 Å². The van der Waals surface area contributed by atoms with Crippen molar-refractivity contribution in [2.45, 2.75) is 10.0 Å². The Labute approximate surface area is 65.9 Å². The van der Waals surface area contributed by atoms with E-state index in [4.69, 9.17) is 0 Å². The number of likely N-dealkylation sites (N-methyl/N-ethyl adjacent to an activating group) is 1. The molecule has 0 aromatic heterocycles. The Morgan fingerprint density at radius 2 is 2.25 bits per heavy atom. The van der Waals surface area contributed by atoms with Gasteiger partial charge in [-0.15, -0.1) is 0 Å². The van der Waals surface area contributed by atoms with Crippen molar-refractivity contribution in [3.05, 3.63) is 0 Å². The highest BCUT2D eigenvalue weighted by molar-refractivity contribution is 9.10. The van der Waals surface area contributed by atoms with Gasteiger partial charge in [0.05, 0.1) is 4.95 Å². The molecule has 1 rings (SSSR count). The molecule has 0 amide bonds. The number of nitrogens with zero attached hydrogens (tertiary/aromatic N) is 1. The van der Waals surface area contributed by atoms with Gasteiger partial charge in [0.25, 0.3) is 0 Å². The van der Waals surface area contributed by atoms with Crippen LogP contribution in [0.1, 0.15) is 0 Å². The van der Waals surface area contributed by atoms with Crippen molar-refractivity contribution in [3.8, 4) is 0 Å². The van der Waals surface area contributed by atoms with E-state index in [1.807, 2.05) is 0 Å². The van der Waals surface area contributed by atoms with Crippen molar-refractivity contribution in [3.63, 3.8) is 0 Å². The molecule has 1 aliphatic heterocycles. The molecule has 0 aliphatic carbocycles. The Bertz CT molecular complexity index is 78.1. The van der Waals surface area contributed by atoms with Crippen molar-refractivity contribution in [1.82, 2.24) is 10.2 Å². The van der Waals surface area contributed by atoms with Crippen molar-refractivity contribution in [2.75, 3.05) is 13.6 Å². The Morgan fingerprint density at radius 1 is 1.62 bits per heavy atom. The van der Waals surface area contributed by atoms with Crippen LogP contribution in [-0.2, 0) is 0 Å². The van der Waals surface area contributed by atoms with Crippen LogP contribution in [0.4, 0.5) is 0 Å². The number of hydrogen-bond donors (Lipinski definition) is 1. The van der Waals surface area contributed by atoms with Gasteiger partial charge < -0.3 is 0 Å². The van der Waals surface area contributed by atoms with Gasteiger partial charge in [-0.3, -0.25) is 10.2 Å². The molecular formula is C4H8Br2N2. The van der Waals surface area contributed by atoms with Crippen LogP contribution in [0.25, 0.3) is 0 Å². The summed E-state index contributed by atoms with van der Waals surface area (Å²) >= 11 is 6.91. The minimum Gasteiger partial charge on any atom is -0.290 e. The van der Waals surface area contributed by atoms with Gasteiger partial charge in [0.1, 0.15) is 5.08 Å². The summed E-state index contributed by atoms with van der Waals surface area (Å²) in [5, 5.41) is 3.55. The van der Waals surface area contributed by atoms with Crippen molar-refractivity contribution in [2.24, 2.45) is 0 Å². The predicted molar refractivity (Wildman–Crippen MR) is 41.2 cm³/mol. The summed E-state index contributed by atoms with van der Waals surface area (Å²) in [7, 11) is 2.05. The number of halogens is 2. The molecule has 0 aromatic carbocycles. The van der Waals surface area contributed by atoms with E-state index in [1.54, 1.807) is 0 Å². The van der Waals surface area contributed by atoms with E-state index in [0.29, 0.717) is 10.0 Å². The lowest BCUT2D eigenvalue weighted by molar-refractivity contribution is 0.371. The molecule has 0 radical (unpaired) electrons. The largest absolute Gasteiger partial charge is 0.290 e. The second-order valence-corrected chi connectivity index (χ2v) is 3.77. The van der Waals surface area contributed by atoms with E-state index in [1.165, 1.54) is 0 Å². The number of rotatable bonds is 0. The maximum absolute atomic E-state index is 3.48. The van der Waals surface area contributed by atoms with Crippen LogP contribution in [0.5, 0.6) is 0 Å². The lowest BCUT2D eigenvalue weighted by atomic mass is 10.7. The number of nitrogens with one attached hydrogen (secondary N) is 1. The quantitative estimate of drug-likeness (QED) is 0.503. The average molecular weight is 244 g/mol. The fourth-order valence-electron chi connectivity index (χ4n) is 0.624. The van der Waals surface area contributed by atoms with Crippen LogP contribution in [0.15, 0.2) is 0 Å². The van der Waals surface area contributed by atoms with Crippen LogP contribution in [0, 0.1) is 0 Å². The third kappa shape index (κ3) is 1.23. The highest BCUT2D eigenvalue weighted by Gasteiger charge is 2.24. The molecule has 0 spiro atoms. The molecule has 1 heterocycles. The second-order valence-electron chi connectivity index (χ2n) is 1.84. The number of alkyl halides is 2. The van der Waals surface area contributed by atoms with Crippen molar-refractivity contribution >= 4 is 31.9 Å². The first-order chi connectivity index (χ1) is 3.72. The predicted octanol–water partition coefficient (Wildman–Crippen LogP) is 0.921. The summed E-state index contributed by atoms with van der Waals surface area (Å²) in [4.78, 5) is 2.65. The molecule has 0 saturated carbocycles. The molecule has 2 unspecified atom stereocenters. The van der Waals surface area contributed by atoms with Crippen molar-refractivity contribution < 1.29 is 0 Å². The van der Waals surface area contributed by atoms with Crippen LogP contribution in [0.2, 0.25) is 0 Å². The van der Waals surface area contributed by atoms with Gasteiger partial charge in [0, 0.05) is 6.54 Å². The Hall–Kier alpha value is 0.880. The second kappa shape index (κ2) is 2.64. The first-order valence-electron chi connectivity index (χ1n) is 2.45. The molecule has 0 bridgehead atoms. The lowest BCUT2D eigenvalue weighted by Crippen LogP contribution is -2.27. The van der Waals surface area contributed by atoms with Crippen LogP contribution in [-0.4, -0.2) is 28.5 Å². The molecule has 48 valence electrons. The zero-order chi connectivity index (χ0) is 6.15. The van der Waals surface area contributed by atoms with Gasteiger partial charge in [0.2, 0.25) is 0 Å². The smallest absolute Gasteiger partial charge is 0.118 e. The highest BCUT2D eigenvalue weighted by atomic mass is 79.9. The summed E-state index contributed by atoms with van der Waals surface area (Å²) in [6.45, 7) is 1.01. The normalized spacial score (nSPS) is 40.9. The molecular weight excluding hydrogens is 236 g/mol. The first kappa shape index (κ1) is 6.99. The summed E-state index contributed by atoms with van der Waals surface area (Å²) in [6.07, 6.45) is 0. The Balaban J connectivity index is 2.44. The summed E-state index contributed by atoms with van der Waals surface area (Å²) in [5.41, 5.74) is 0. The maximum atomic E-state index is 3.48. The van der Waals surface area contributed by atoms with E-state index in [2.05, 4.69) is 49.1 Å². The zero-order valence-electron chi connectivity index (χ0n) is 4.56. The van der Waals surface area contributed by atoms with Gasteiger partial charge >= 0.3 is 0 Å². The average Bonchev–Trinajstić information content (AvgIpc) is 1.98. The van der Waals surface area contributed by atoms with E-state index < -0.39 is 0 Å². The summed E-state index contributed by atoms with van der Waals surface area (Å²) in [5.74, 6) is 0. The maximum Gasteiger partial charge on any atom is 0.118 e. The van der Waals surface area contributed by atoms with Gasteiger partial charge in [-0.25, -0.2) is 0 Å². The molecule has 1 saturated heterocycles. The van der Waals surface area contributed by atoms with Gasteiger partial charge in [-0.05, 0) is 7.05 Å². The van der Waals surface area contributed by atoms with Crippen LogP contribution >= 0.6 is 31.9 Å². The Morgan fingerprint density at radius 3 is 2.38 bits per heavy atom. The van der Waals surface area contributed by atoms with Gasteiger partial charge in [-0.2, -0.15) is 0 Å². The molecule has 1 aliphatic rings.